The first kappa shape index (κ1) is 13.2. The Bertz CT molecular complexity index is 677. The molecule has 1 unspecified atom stereocenters. The third kappa shape index (κ3) is 3.18. The van der Waals surface area contributed by atoms with E-state index in [0.717, 1.165) is 16.0 Å². The van der Waals surface area contributed by atoms with Gasteiger partial charge in [0.25, 0.3) is 0 Å². The fourth-order valence-corrected chi connectivity index (χ4v) is 2.83. The SMILES string of the molecule is Cc1cc(S(=O)Cc2ccnc(C#N)c2)ccc1N. The molecule has 2 rings (SSSR count). The van der Waals surface area contributed by atoms with Gasteiger partial charge in [-0.15, -0.1) is 0 Å². The van der Waals surface area contributed by atoms with Crippen LogP contribution in [-0.4, -0.2) is 9.19 Å². The van der Waals surface area contributed by atoms with Crippen LogP contribution in [-0.2, 0) is 16.6 Å². The van der Waals surface area contributed by atoms with Crippen LogP contribution in [0.3, 0.4) is 0 Å². The molecule has 2 N–H and O–H groups in total. The number of benzene rings is 1. The highest BCUT2D eigenvalue weighted by atomic mass is 32.2. The molecule has 2 aromatic rings. The molecule has 0 spiro atoms. The minimum Gasteiger partial charge on any atom is -0.399 e. The van der Waals surface area contributed by atoms with Gasteiger partial charge >= 0.3 is 0 Å². The van der Waals surface area contributed by atoms with Gasteiger partial charge in [0.15, 0.2) is 0 Å². The number of aromatic nitrogens is 1. The van der Waals surface area contributed by atoms with Crippen molar-refractivity contribution < 1.29 is 4.21 Å². The zero-order valence-corrected chi connectivity index (χ0v) is 11.3. The maximum Gasteiger partial charge on any atom is 0.140 e. The summed E-state index contributed by atoms with van der Waals surface area (Å²) in [5.41, 5.74) is 8.51. The number of anilines is 1. The van der Waals surface area contributed by atoms with Gasteiger partial charge in [-0.05, 0) is 48.4 Å². The van der Waals surface area contributed by atoms with E-state index in [1.165, 1.54) is 0 Å². The first-order valence-electron chi connectivity index (χ1n) is 5.69. The lowest BCUT2D eigenvalue weighted by molar-refractivity contribution is 0.682. The molecule has 1 atom stereocenters. The molecular weight excluding hydrogens is 258 g/mol. The van der Waals surface area contributed by atoms with Gasteiger partial charge in [-0.1, -0.05) is 0 Å². The summed E-state index contributed by atoms with van der Waals surface area (Å²) in [4.78, 5) is 4.63. The van der Waals surface area contributed by atoms with Crippen LogP contribution in [0.2, 0.25) is 0 Å². The molecule has 0 saturated carbocycles. The molecule has 0 amide bonds. The predicted molar refractivity (Wildman–Crippen MR) is 74.7 cm³/mol. The van der Waals surface area contributed by atoms with Crippen molar-refractivity contribution >= 4 is 16.5 Å². The summed E-state index contributed by atoms with van der Waals surface area (Å²) in [7, 11) is -1.16. The second-order valence-electron chi connectivity index (χ2n) is 4.17. The largest absolute Gasteiger partial charge is 0.399 e. The van der Waals surface area contributed by atoms with Crippen molar-refractivity contribution in [1.82, 2.24) is 4.98 Å². The fraction of sp³-hybridized carbons (Fsp3) is 0.143. The van der Waals surface area contributed by atoms with Gasteiger partial charge in [0.2, 0.25) is 0 Å². The van der Waals surface area contributed by atoms with Crippen LogP contribution in [0, 0.1) is 18.3 Å². The lowest BCUT2D eigenvalue weighted by Gasteiger charge is -2.05. The van der Waals surface area contributed by atoms with Crippen molar-refractivity contribution in [2.75, 3.05) is 5.73 Å². The number of pyridine rings is 1. The number of rotatable bonds is 3. The molecule has 0 aliphatic heterocycles. The van der Waals surface area contributed by atoms with Crippen molar-refractivity contribution in [3.8, 4) is 6.07 Å². The Morgan fingerprint density at radius 1 is 1.37 bits per heavy atom. The van der Waals surface area contributed by atoms with E-state index in [1.54, 1.807) is 30.5 Å². The van der Waals surface area contributed by atoms with E-state index in [4.69, 9.17) is 11.0 Å². The van der Waals surface area contributed by atoms with Crippen LogP contribution in [0.25, 0.3) is 0 Å². The minimum absolute atomic E-state index is 0.336. The van der Waals surface area contributed by atoms with Crippen LogP contribution in [0.5, 0.6) is 0 Å². The molecule has 0 aliphatic carbocycles. The number of nitriles is 1. The number of nitrogens with two attached hydrogens (primary N) is 1. The molecule has 0 aliphatic rings. The Kier molecular flexibility index (Phi) is 3.93. The van der Waals surface area contributed by atoms with Gasteiger partial charge in [-0.2, -0.15) is 5.26 Å². The standard InChI is InChI=1S/C14H13N3OS/c1-10-6-13(2-3-14(10)16)19(18)9-11-4-5-17-12(7-11)8-15/h2-7H,9,16H2,1H3. The molecule has 19 heavy (non-hydrogen) atoms. The smallest absolute Gasteiger partial charge is 0.140 e. The minimum atomic E-state index is -1.16. The second-order valence-corrected chi connectivity index (χ2v) is 5.62. The van der Waals surface area contributed by atoms with Gasteiger partial charge in [-0.25, -0.2) is 4.98 Å². The Labute approximate surface area is 114 Å². The van der Waals surface area contributed by atoms with Crippen LogP contribution in [0.1, 0.15) is 16.8 Å². The Morgan fingerprint density at radius 2 is 2.16 bits per heavy atom. The van der Waals surface area contributed by atoms with Crippen molar-refractivity contribution in [3.63, 3.8) is 0 Å². The normalized spacial score (nSPS) is 11.8. The molecule has 0 radical (unpaired) electrons. The Hall–Kier alpha value is -2.19. The predicted octanol–water partition coefficient (Wildman–Crippen LogP) is 2.15. The molecule has 0 bridgehead atoms. The number of aryl methyl sites for hydroxylation is 1. The molecule has 5 heteroatoms. The Morgan fingerprint density at radius 3 is 2.84 bits per heavy atom. The number of hydrogen-bond acceptors (Lipinski definition) is 4. The van der Waals surface area contributed by atoms with E-state index in [-0.39, 0.29) is 0 Å². The zero-order valence-electron chi connectivity index (χ0n) is 10.5. The molecule has 1 heterocycles. The van der Waals surface area contributed by atoms with Crippen molar-refractivity contribution in [3.05, 3.63) is 53.3 Å². The van der Waals surface area contributed by atoms with Crippen molar-refractivity contribution in [1.29, 1.82) is 5.26 Å². The van der Waals surface area contributed by atoms with Crippen molar-refractivity contribution in [2.24, 2.45) is 0 Å². The maximum absolute atomic E-state index is 12.2. The highest BCUT2D eigenvalue weighted by molar-refractivity contribution is 7.84. The summed E-state index contributed by atoms with van der Waals surface area (Å²) >= 11 is 0. The average molecular weight is 271 g/mol. The zero-order chi connectivity index (χ0) is 13.8. The maximum atomic E-state index is 12.2. The fourth-order valence-electron chi connectivity index (χ4n) is 1.65. The molecule has 4 nitrogen and oxygen atoms in total. The molecule has 1 aromatic heterocycles. The summed E-state index contributed by atoms with van der Waals surface area (Å²) in [6, 6.07) is 10.8. The molecule has 0 fully saturated rings. The first-order valence-corrected chi connectivity index (χ1v) is 7.01. The lowest BCUT2D eigenvalue weighted by atomic mass is 10.2. The monoisotopic (exact) mass is 271 g/mol. The van der Waals surface area contributed by atoms with E-state index in [1.807, 2.05) is 19.1 Å². The molecule has 0 saturated heterocycles. The van der Waals surface area contributed by atoms with E-state index >= 15 is 0 Å². The topological polar surface area (TPSA) is 79.8 Å². The summed E-state index contributed by atoms with van der Waals surface area (Å²) in [5, 5.41) is 8.78. The van der Waals surface area contributed by atoms with Gasteiger partial charge < -0.3 is 5.73 Å². The lowest BCUT2D eigenvalue weighted by Crippen LogP contribution is -1.99. The summed E-state index contributed by atoms with van der Waals surface area (Å²) in [6.45, 7) is 1.89. The van der Waals surface area contributed by atoms with Gasteiger partial charge in [0.05, 0.1) is 16.6 Å². The van der Waals surface area contributed by atoms with Crippen molar-refractivity contribution in [2.45, 2.75) is 17.6 Å². The van der Waals surface area contributed by atoms with Crippen LogP contribution in [0.4, 0.5) is 5.69 Å². The van der Waals surface area contributed by atoms with Gasteiger partial charge in [0, 0.05) is 16.8 Å². The Balaban J connectivity index is 2.21. The van der Waals surface area contributed by atoms with Gasteiger partial charge in [-0.3, -0.25) is 4.21 Å². The quantitative estimate of drug-likeness (QED) is 0.867. The molecular formula is C14H13N3OS. The number of nitrogens with zero attached hydrogens (tertiary/aromatic N) is 2. The average Bonchev–Trinajstić information content (AvgIpc) is 2.42. The van der Waals surface area contributed by atoms with Crippen LogP contribution >= 0.6 is 0 Å². The first-order chi connectivity index (χ1) is 9.10. The summed E-state index contributed by atoms with van der Waals surface area (Å²) in [6.07, 6.45) is 1.55. The number of hydrogen-bond donors (Lipinski definition) is 1. The summed E-state index contributed by atoms with van der Waals surface area (Å²) < 4.78 is 12.2. The third-order valence-electron chi connectivity index (χ3n) is 2.74. The van der Waals surface area contributed by atoms with Crippen LogP contribution < -0.4 is 5.73 Å². The summed E-state index contributed by atoms with van der Waals surface area (Å²) in [5.74, 6) is 0.362. The van der Waals surface area contributed by atoms with E-state index < -0.39 is 10.8 Å². The van der Waals surface area contributed by atoms with E-state index in [2.05, 4.69) is 4.98 Å². The van der Waals surface area contributed by atoms with Crippen LogP contribution in [0.15, 0.2) is 41.4 Å². The highest BCUT2D eigenvalue weighted by Gasteiger charge is 2.07. The highest BCUT2D eigenvalue weighted by Crippen LogP contribution is 2.18. The third-order valence-corrected chi connectivity index (χ3v) is 4.12. The molecule has 1 aromatic carbocycles. The number of nitrogen functional groups attached to an aromatic ring is 1. The van der Waals surface area contributed by atoms with Gasteiger partial charge in [0.1, 0.15) is 11.8 Å². The van der Waals surface area contributed by atoms with E-state index in [9.17, 15) is 4.21 Å². The van der Waals surface area contributed by atoms with E-state index in [0.29, 0.717) is 17.1 Å². The second kappa shape index (κ2) is 5.63. The molecule has 96 valence electrons.